The number of benzene rings is 1. The molecule has 5 heteroatoms. The molecular formula is C11H9N3O2. The van der Waals surface area contributed by atoms with Crippen LogP contribution in [0.5, 0.6) is 0 Å². The van der Waals surface area contributed by atoms with Crippen molar-refractivity contribution in [3.8, 4) is 0 Å². The van der Waals surface area contributed by atoms with Crippen LogP contribution in [-0.4, -0.2) is 16.7 Å². The van der Waals surface area contributed by atoms with Crippen LogP contribution in [0.4, 0.5) is 0 Å². The highest BCUT2D eigenvalue weighted by Crippen LogP contribution is 2.11. The molecule has 0 spiro atoms. The summed E-state index contributed by atoms with van der Waals surface area (Å²) in [4.78, 5) is 26.6. The Morgan fingerprint density at radius 3 is 2.62 bits per heavy atom. The van der Waals surface area contributed by atoms with Crippen LogP contribution >= 0.6 is 0 Å². The fourth-order valence-electron chi connectivity index (χ4n) is 1.37. The van der Waals surface area contributed by atoms with Gasteiger partial charge < -0.3 is 0 Å². The fourth-order valence-corrected chi connectivity index (χ4v) is 1.37. The molecule has 80 valence electrons. The van der Waals surface area contributed by atoms with Crippen LogP contribution in [0.2, 0.25) is 0 Å². The zero-order valence-corrected chi connectivity index (χ0v) is 8.31. The minimum Gasteiger partial charge on any atom is -0.287 e. The second-order valence-corrected chi connectivity index (χ2v) is 3.19. The Kier molecular flexibility index (Phi) is 2.61. The zero-order chi connectivity index (χ0) is 11.5. The molecule has 16 heavy (non-hydrogen) atoms. The summed E-state index contributed by atoms with van der Waals surface area (Å²) in [5, 5.41) is 0.909. The first kappa shape index (κ1) is 10.3. The SMILES string of the molecule is NNC(=O)C(=O)c1ccc2ccccc2n1. The minimum absolute atomic E-state index is 0.0849. The molecule has 1 amide bonds. The summed E-state index contributed by atoms with van der Waals surface area (Å²) in [6.45, 7) is 0. The minimum atomic E-state index is -0.872. The second kappa shape index (κ2) is 4.08. The van der Waals surface area contributed by atoms with E-state index >= 15 is 0 Å². The number of fused-ring (bicyclic) bond motifs is 1. The van der Waals surface area contributed by atoms with Crippen LogP contribution in [-0.2, 0) is 4.79 Å². The highest BCUT2D eigenvalue weighted by molar-refractivity contribution is 6.42. The Balaban J connectivity index is 2.47. The lowest BCUT2D eigenvalue weighted by Crippen LogP contribution is -2.36. The van der Waals surface area contributed by atoms with E-state index < -0.39 is 11.7 Å². The van der Waals surface area contributed by atoms with E-state index in [1.807, 2.05) is 18.2 Å². The third-order valence-electron chi connectivity index (χ3n) is 2.17. The van der Waals surface area contributed by atoms with Crippen LogP contribution in [0.1, 0.15) is 10.5 Å². The number of carbonyl (C=O) groups is 2. The molecule has 0 atom stereocenters. The largest absolute Gasteiger partial charge is 0.307 e. The number of carbonyl (C=O) groups excluding carboxylic acids is 2. The van der Waals surface area contributed by atoms with Crippen molar-refractivity contribution in [2.45, 2.75) is 0 Å². The average Bonchev–Trinajstić information content (AvgIpc) is 2.36. The van der Waals surface area contributed by atoms with Crippen LogP contribution < -0.4 is 11.3 Å². The number of hydrazine groups is 1. The Morgan fingerprint density at radius 1 is 1.12 bits per heavy atom. The van der Waals surface area contributed by atoms with Gasteiger partial charge in [-0.2, -0.15) is 0 Å². The first-order chi connectivity index (χ1) is 7.72. The molecule has 0 aliphatic rings. The molecule has 0 aliphatic carbocycles. The van der Waals surface area contributed by atoms with Gasteiger partial charge in [-0.25, -0.2) is 10.8 Å². The number of ketones is 1. The summed E-state index contributed by atoms with van der Waals surface area (Å²) in [5.74, 6) is 3.26. The lowest BCUT2D eigenvalue weighted by Gasteiger charge is -2.00. The summed E-state index contributed by atoms with van der Waals surface area (Å²) in [6.07, 6.45) is 0. The number of amides is 1. The molecule has 0 unspecified atom stereocenters. The third-order valence-corrected chi connectivity index (χ3v) is 2.17. The molecule has 5 nitrogen and oxygen atoms in total. The zero-order valence-electron chi connectivity index (χ0n) is 8.31. The first-order valence-corrected chi connectivity index (χ1v) is 4.63. The molecule has 1 aromatic carbocycles. The monoisotopic (exact) mass is 215 g/mol. The van der Waals surface area contributed by atoms with Crippen molar-refractivity contribution in [2.75, 3.05) is 0 Å². The van der Waals surface area contributed by atoms with E-state index in [1.165, 1.54) is 6.07 Å². The maximum Gasteiger partial charge on any atom is 0.307 e. The number of pyridine rings is 1. The quantitative estimate of drug-likeness (QED) is 0.250. The fraction of sp³-hybridized carbons (Fsp3) is 0. The number of para-hydroxylation sites is 1. The number of rotatable bonds is 2. The van der Waals surface area contributed by atoms with E-state index in [9.17, 15) is 9.59 Å². The van der Waals surface area contributed by atoms with E-state index in [1.54, 1.807) is 17.6 Å². The summed E-state index contributed by atoms with van der Waals surface area (Å²) < 4.78 is 0. The molecule has 3 N–H and O–H groups in total. The average molecular weight is 215 g/mol. The highest BCUT2D eigenvalue weighted by atomic mass is 16.2. The van der Waals surface area contributed by atoms with Crippen molar-refractivity contribution in [1.29, 1.82) is 0 Å². The van der Waals surface area contributed by atoms with E-state index in [-0.39, 0.29) is 5.69 Å². The maximum absolute atomic E-state index is 11.5. The molecule has 2 aromatic rings. The number of hydrogen-bond donors (Lipinski definition) is 2. The van der Waals surface area contributed by atoms with Gasteiger partial charge >= 0.3 is 5.91 Å². The third kappa shape index (κ3) is 1.76. The van der Waals surface area contributed by atoms with Crippen molar-refractivity contribution >= 4 is 22.6 Å². The van der Waals surface area contributed by atoms with E-state index in [0.717, 1.165) is 5.39 Å². The van der Waals surface area contributed by atoms with Gasteiger partial charge in [0.15, 0.2) is 0 Å². The molecule has 0 saturated carbocycles. The van der Waals surface area contributed by atoms with Crippen LogP contribution in [0, 0.1) is 0 Å². The summed E-state index contributed by atoms with van der Waals surface area (Å²) in [7, 11) is 0. The topological polar surface area (TPSA) is 85.1 Å². The normalized spacial score (nSPS) is 10.1. The number of Topliss-reactive ketones (excluding diaryl/α,β-unsaturated/α-hetero) is 1. The van der Waals surface area contributed by atoms with Crippen LogP contribution in [0.3, 0.4) is 0 Å². The Hall–Kier alpha value is -2.27. The molecule has 2 rings (SSSR count). The van der Waals surface area contributed by atoms with E-state index in [2.05, 4.69) is 4.98 Å². The van der Waals surface area contributed by atoms with Crippen molar-refractivity contribution in [3.63, 3.8) is 0 Å². The van der Waals surface area contributed by atoms with Gasteiger partial charge in [0.1, 0.15) is 5.69 Å². The van der Waals surface area contributed by atoms with Gasteiger partial charge in [0.05, 0.1) is 5.52 Å². The number of nitrogens with two attached hydrogens (primary N) is 1. The number of aromatic nitrogens is 1. The van der Waals surface area contributed by atoms with Crippen molar-refractivity contribution in [3.05, 3.63) is 42.1 Å². The van der Waals surface area contributed by atoms with Crippen LogP contribution in [0.15, 0.2) is 36.4 Å². The van der Waals surface area contributed by atoms with Gasteiger partial charge in [-0.3, -0.25) is 15.0 Å². The molecule has 0 aliphatic heterocycles. The van der Waals surface area contributed by atoms with Gasteiger partial charge in [-0.15, -0.1) is 0 Å². The van der Waals surface area contributed by atoms with Gasteiger partial charge in [0.25, 0.3) is 5.78 Å². The second-order valence-electron chi connectivity index (χ2n) is 3.19. The lowest BCUT2D eigenvalue weighted by molar-refractivity contribution is -0.117. The summed E-state index contributed by atoms with van der Waals surface area (Å²) in [6, 6.07) is 10.6. The van der Waals surface area contributed by atoms with Crippen molar-refractivity contribution in [1.82, 2.24) is 10.4 Å². The predicted octanol–water partition coefficient (Wildman–Crippen LogP) is 0.407. The highest BCUT2D eigenvalue weighted by Gasteiger charge is 2.16. The number of hydrogen-bond acceptors (Lipinski definition) is 4. The number of nitrogens with one attached hydrogen (secondary N) is 1. The Morgan fingerprint density at radius 2 is 1.88 bits per heavy atom. The van der Waals surface area contributed by atoms with E-state index in [4.69, 9.17) is 5.84 Å². The van der Waals surface area contributed by atoms with Crippen molar-refractivity contribution in [2.24, 2.45) is 5.84 Å². The smallest absolute Gasteiger partial charge is 0.287 e. The lowest BCUT2D eigenvalue weighted by atomic mass is 10.1. The molecule has 0 fully saturated rings. The van der Waals surface area contributed by atoms with E-state index in [0.29, 0.717) is 5.52 Å². The summed E-state index contributed by atoms with van der Waals surface area (Å²) in [5.41, 5.74) is 2.53. The van der Waals surface area contributed by atoms with Crippen LogP contribution in [0.25, 0.3) is 10.9 Å². The summed E-state index contributed by atoms with van der Waals surface area (Å²) >= 11 is 0. The van der Waals surface area contributed by atoms with Gasteiger partial charge in [0.2, 0.25) is 0 Å². The Bertz CT molecular complexity index is 566. The molecule has 1 heterocycles. The molecule has 0 saturated heterocycles. The van der Waals surface area contributed by atoms with Gasteiger partial charge in [-0.05, 0) is 12.1 Å². The van der Waals surface area contributed by atoms with Gasteiger partial charge in [-0.1, -0.05) is 24.3 Å². The van der Waals surface area contributed by atoms with Gasteiger partial charge in [0, 0.05) is 5.39 Å². The maximum atomic E-state index is 11.5. The molecule has 0 bridgehead atoms. The predicted molar refractivity (Wildman–Crippen MR) is 58.4 cm³/mol. The Labute approximate surface area is 91.2 Å². The first-order valence-electron chi connectivity index (χ1n) is 4.63. The molecule has 0 radical (unpaired) electrons. The van der Waals surface area contributed by atoms with Crippen molar-refractivity contribution < 1.29 is 9.59 Å². The molecule has 1 aromatic heterocycles. The number of nitrogens with zero attached hydrogens (tertiary/aromatic N) is 1. The molecular weight excluding hydrogens is 206 g/mol. The standard InChI is InChI=1S/C11H9N3O2/c12-14-11(16)10(15)9-6-5-7-3-1-2-4-8(7)13-9/h1-6H,12H2,(H,14,16).